The first kappa shape index (κ1) is 25.6. The summed E-state index contributed by atoms with van der Waals surface area (Å²) in [5.41, 5.74) is 0.859. The third-order valence-electron chi connectivity index (χ3n) is 5.30. The third kappa shape index (κ3) is 7.22. The molecule has 0 N–H and O–H groups in total. The molecule has 0 spiro atoms. The number of ether oxygens (including phenoxy) is 2. The minimum Gasteiger partial charge on any atom is -0.493 e. The van der Waals surface area contributed by atoms with Gasteiger partial charge in [-0.2, -0.15) is 0 Å². The fourth-order valence-electron chi connectivity index (χ4n) is 3.51. The zero-order chi connectivity index (χ0) is 24.2. The van der Waals surface area contributed by atoms with Crippen LogP contribution in [0.2, 0.25) is 0 Å². The molecule has 0 atom stereocenters. The molecule has 0 aliphatic carbocycles. The van der Waals surface area contributed by atoms with Gasteiger partial charge in [0.25, 0.3) is 5.91 Å². The highest BCUT2D eigenvalue weighted by molar-refractivity contribution is 8.18. The van der Waals surface area contributed by atoms with Gasteiger partial charge < -0.3 is 9.47 Å². The maximum absolute atomic E-state index is 13.0. The molecule has 2 heterocycles. The number of methoxy groups -OCH3 is 1. The molecule has 180 valence electrons. The molecule has 1 aliphatic rings. The highest BCUT2D eigenvalue weighted by Crippen LogP contribution is 2.35. The van der Waals surface area contributed by atoms with E-state index in [1.54, 1.807) is 30.3 Å². The first-order valence-electron chi connectivity index (χ1n) is 11.8. The van der Waals surface area contributed by atoms with Gasteiger partial charge >= 0.3 is 0 Å². The maximum Gasteiger partial charge on any atom is 0.267 e. The average Bonchev–Trinajstić information content (AvgIpc) is 3.13. The van der Waals surface area contributed by atoms with Gasteiger partial charge in [0.2, 0.25) is 0 Å². The van der Waals surface area contributed by atoms with E-state index in [-0.39, 0.29) is 5.91 Å². The van der Waals surface area contributed by atoms with Gasteiger partial charge in [0.15, 0.2) is 22.5 Å². The van der Waals surface area contributed by atoms with Crippen molar-refractivity contribution in [1.82, 2.24) is 9.88 Å². The monoisotopic (exact) mass is 479 g/mol. The van der Waals surface area contributed by atoms with Crippen LogP contribution in [-0.2, 0) is 4.79 Å². The van der Waals surface area contributed by atoms with Crippen molar-refractivity contribution in [3.63, 3.8) is 0 Å². The fourth-order valence-corrected chi connectivity index (χ4v) is 4.50. The summed E-state index contributed by atoms with van der Waals surface area (Å²) >= 11 is 1.33. The number of nitrogens with zero attached hydrogens (tertiary/aromatic N) is 3. The van der Waals surface area contributed by atoms with E-state index >= 15 is 0 Å². The average molecular weight is 480 g/mol. The quantitative estimate of drug-likeness (QED) is 0.183. The van der Waals surface area contributed by atoms with Gasteiger partial charge in [0.1, 0.15) is 0 Å². The highest BCUT2D eigenvalue weighted by atomic mass is 32.2. The number of hydrogen-bond acceptors (Lipinski definition) is 6. The molecule has 6 nitrogen and oxygen atoms in total. The number of rotatable bonds is 13. The van der Waals surface area contributed by atoms with Crippen LogP contribution in [0.4, 0.5) is 5.82 Å². The Bertz CT molecular complexity index is 1020. The molecule has 1 amide bonds. The normalized spacial score (nSPS) is 15.8. The van der Waals surface area contributed by atoms with E-state index < -0.39 is 0 Å². The summed E-state index contributed by atoms with van der Waals surface area (Å²) in [6.07, 6.45) is 12.5. The number of carbonyl (C=O) groups is 1. The van der Waals surface area contributed by atoms with Crippen molar-refractivity contribution in [2.24, 2.45) is 4.99 Å². The summed E-state index contributed by atoms with van der Waals surface area (Å²) in [7, 11) is 1.63. The number of amidine groups is 1. The number of amides is 1. The van der Waals surface area contributed by atoms with Gasteiger partial charge in [0, 0.05) is 12.7 Å². The molecule has 0 radical (unpaired) electrons. The molecule has 1 aromatic heterocycles. The van der Waals surface area contributed by atoms with Crippen molar-refractivity contribution in [3.05, 3.63) is 65.7 Å². The van der Waals surface area contributed by atoms with E-state index in [1.165, 1.54) is 43.9 Å². The van der Waals surface area contributed by atoms with Gasteiger partial charge in [-0.1, -0.05) is 57.2 Å². The molecule has 0 saturated carbocycles. The minimum absolute atomic E-state index is 0.109. The third-order valence-corrected chi connectivity index (χ3v) is 6.31. The second-order valence-electron chi connectivity index (χ2n) is 7.92. The van der Waals surface area contributed by atoms with Crippen LogP contribution in [0.1, 0.15) is 51.0 Å². The van der Waals surface area contributed by atoms with E-state index in [1.807, 2.05) is 36.4 Å². The van der Waals surface area contributed by atoms with Crippen molar-refractivity contribution in [3.8, 4) is 11.5 Å². The molecule has 1 fully saturated rings. The summed E-state index contributed by atoms with van der Waals surface area (Å²) in [5.74, 6) is 1.82. The largest absolute Gasteiger partial charge is 0.493 e. The number of aliphatic imine (C=N–C) groups is 1. The van der Waals surface area contributed by atoms with Crippen molar-refractivity contribution >= 4 is 34.7 Å². The van der Waals surface area contributed by atoms with Crippen molar-refractivity contribution < 1.29 is 14.3 Å². The Kier molecular flexibility index (Phi) is 10.2. The van der Waals surface area contributed by atoms with Gasteiger partial charge in [-0.3, -0.25) is 9.69 Å². The molecule has 34 heavy (non-hydrogen) atoms. The molecule has 7 heteroatoms. The summed E-state index contributed by atoms with van der Waals surface area (Å²) in [6.45, 7) is 7.04. The van der Waals surface area contributed by atoms with Crippen LogP contribution in [-0.4, -0.2) is 41.2 Å². The lowest BCUT2D eigenvalue weighted by Gasteiger charge is -2.12. The Labute approximate surface area is 206 Å². The second-order valence-corrected chi connectivity index (χ2v) is 8.93. The lowest BCUT2D eigenvalue weighted by molar-refractivity contribution is -0.121. The van der Waals surface area contributed by atoms with E-state index in [9.17, 15) is 4.79 Å². The van der Waals surface area contributed by atoms with Crippen LogP contribution in [0, 0.1) is 0 Å². The zero-order valence-electron chi connectivity index (χ0n) is 20.0. The number of benzene rings is 1. The summed E-state index contributed by atoms with van der Waals surface area (Å²) in [6, 6.07) is 11.2. The number of hydrogen-bond donors (Lipinski definition) is 0. The number of carbonyl (C=O) groups excluding carboxylic acids is 1. The SMILES string of the molecule is C=CCN1C(=O)/C(=C/c2ccc(OCCCCCCCC)c(OC)c2)S/C1=N/c1ccccn1. The topological polar surface area (TPSA) is 64.0 Å². The van der Waals surface area contributed by atoms with Crippen molar-refractivity contribution in [2.45, 2.75) is 45.4 Å². The van der Waals surface area contributed by atoms with Crippen molar-refractivity contribution in [1.29, 1.82) is 0 Å². The predicted molar refractivity (Wildman–Crippen MR) is 141 cm³/mol. The number of thioether (sulfide) groups is 1. The van der Waals surface area contributed by atoms with Gasteiger partial charge in [0.05, 0.1) is 18.6 Å². The molecule has 2 aromatic rings. The van der Waals surface area contributed by atoms with E-state index in [4.69, 9.17) is 9.47 Å². The number of aromatic nitrogens is 1. The molecule has 1 saturated heterocycles. The van der Waals surface area contributed by atoms with E-state index in [2.05, 4.69) is 23.5 Å². The highest BCUT2D eigenvalue weighted by Gasteiger charge is 2.32. The summed E-state index contributed by atoms with van der Waals surface area (Å²) in [4.78, 5) is 24.0. The molecule has 3 rings (SSSR count). The van der Waals surface area contributed by atoms with Crippen molar-refractivity contribution in [2.75, 3.05) is 20.3 Å². The zero-order valence-corrected chi connectivity index (χ0v) is 20.9. The van der Waals surface area contributed by atoms with Gasteiger partial charge in [-0.25, -0.2) is 9.98 Å². The molecule has 1 aromatic carbocycles. The van der Waals surface area contributed by atoms with E-state index in [0.29, 0.717) is 40.5 Å². The van der Waals surface area contributed by atoms with Crippen LogP contribution in [0.3, 0.4) is 0 Å². The standard InChI is InChI=1S/C27H33N3O3S/c1-4-6-7-8-9-12-18-33-22-15-14-21(19-23(22)32-3)20-24-26(31)30(17-5-2)27(34-24)29-25-13-10-11-16-28-25/h5,10-11,13-16,19-20H,2,4,6-9,12,17-18H2,1,3H3/b24-20-,29-27+. The lowest BCUT2D eigenvalue weighted by Crippen LogP contribution is -2.29. The van der Waals surface area contributed by atoms with Crippen LogP contribution >= 0.6 is 11.8 Å². The maximum atomic E-state index is 13.0. The van der Waals surface area contributed by atoms with Crippen LogP contribution in [0.5, 0.6) is 11.5 Å². The van der Waals surface area contributed by atoms with Crippen LogP contribution < -0.4 is 9.47 Å². The molecular weight excluding hydrogens is 446 g/mol. The van der Waals surface area contributed by atoms with E-state index in [0.717, 1.165) is 12.0 Å². The Hall–Kier alpha value is -3.06. The van der Waals surface area contributed by atoms with Gasteiger partial charge in [-0.15, -0.1) is 6.58 Å². The Morgan fingerprint density at radius 3 is 2.68 bits per heavy atom. The minimum atomic E-state index is -0.109. The second kappa shape index (κ2) is 13.6. The summed E-state index contributed by atoms with van der Waals surface area (Å²) < 4.78 is 11.5. The first-order chi connectivity index (χ1) is 16.7. The lowest BCUT2D eigenvalue weighted by atomic mass is 10.1. The fraction of sp³-hybridized carbons (Fsp3) is 0.370. The predicted octanol–water partition coefficient (Wildman–Crippen LogP) is 6.62. The molecular formula is C27H33N3O3S. The first-order valence-corrected chi connectivity index (χ1v) is 12.6. The Morgan fingerprint density at radius 1 is 1.12 bits per heavy atom. The molecule has 1 aliphatic heterocycles. The van der Waals surface area contributed by atoms with Crippen LogP contribution in [0.25, 0.3) is 6.08 Å². The number of unbranched alkanes of at least 4 members (excludes halogenated alkanes) is 5. The number of pyridine rings is 1. The van der Waals surface area contributed by atoms with Crippen LogP contribution in [0.15, 0.2) is 65.1 Å². The van der Waals surface area contributed by atoms with Gasteiger partial charge in [-0.05, 0) is 54.1 Å². The molecule has 0 bridgehead atoms. The smallest absolute Gasteiger partial charge is 0.267 e. The Balaban J connectivity index is 1.69. The Morgan fingerprint density at radius 2 is 1.94 bits per heavy atom. The molecule has 0 unspecified atom stereocenters. The summed E-state index contributed by atoms with van der Waals surface area (Å²) in [5, 5.41) is 0.584.